The first-order valence-electron chi connectivity index (χ1n) is 8.81. The molecule has 0 unspecified atom stereocenters. The Labute approximate surface area is 146 Å². The number of ether oxygens (including phenoxy) is 1. The Kier molecular flexibility index (Phi) is 4.44. The number of likely N-dealkylation sites (tertiary alicyclic amines) is 1. The molecule has 3 nitrogen and oxygen atoms in total. The third-order valence-electron chi connectivity index (χ3n) is 5.25. The quantitative estimate of drug-likeness (QED) is 0.927. The van der Waals surface area contributed by atoms with Crippen LogP contribution in [0.5, 0.6) is 5.75 Å². The minimum atomic E-state index is -0.668. The Morgan fingerprint density at radius 1 is 1.12 bits per heavy atom. The maximum Gasteiger partial charge on any atom is 0.168 e. The van der Waals surface area contributed by atoms with Gasteiger partial charge >= 0.3 is 0 Å². The predicted molar refractivity (Wildman–Crippen MR) is 92.4 cm³/mol. The van der Waals surface area contributed by atoms with E-state index in [9.17, 15) is 8.78 Å². The van der Waals surface area contributed by atoms with E-state index in [0.29, 0.717) is 0 Å². The van der Waals surface area contributed by atoms with Crippen LogP contribution in [0.3, 0.4) is 0 Å². The molecule has 25 heavy (non-hydrogen) atoms. The number of hydrogen-bond acceptors (Lipinski definition) is 3. The van der Waals surface area contributed by atoms with Crippen LogP contribution in [-0.2, 0) is 6.42 Å². The number of nitrogens with zero attached hydrogens (tertiary/aromatic N) is 1. The standard InChI is InChI=1S/C20H22F2N2O/c21-14-7-8-19(17(22)11-14)25-20-16-6-2-1-4-13(16)10-18(20)24-9-3-5-15(23)12-24/h1-2,4,6-8,11,15,18,20H,3,5,9-10,12,23H2/t15-,18-,20+/m1/s1. The summed E-state index contributed by atoms with van der Waals surface area (Å²) in [5.74, 6) is -1.18. The van der Waals surface area contributed by atoms with E-state index in [0.717, 1.165) is 44.0 Å². The Hall–Kier alpha value is -1.98. The molecule has 1 aliphatic carbocycles. The monoisotopic (exact) mass is 344 g/mol. The summed E-state index contributed by atoms with van der Waals surface area (Å²) >= 11 is 0. The smallest absolute Gasteiger partial charge is 0.168 e. The highest BCUT2D eigenvalue weighted by Gasteiger charge is 2.39. The van der Waals surface area contributed by atoms with Gasteiger partial charge in [0.2, 0.25) is 0 Å². The van der Waals surface area contributed by atoms with E-state index < -0.39 is 11.6 Å². The topological polar surface area (TPSA) is 38.5 Å². The van der Waals surface area contributed by atoms with Crippen molar-refractivity contribution in [2.75, 3.05) is 13.1 Å². The van der Waals surface area contributed by atoms with Crippen molar-refractivity contribution in [3.05, 3.63) is 65.2 Å². The largest absolute Gasteiger partial charge is 0.481 e. The van der Waals surface area contributed by atoms with Gasteiger partial charge in [-0.3, -0.25) is 4.90 Å². The highest BCUT2D eigenvalue weighted by Crippen LogP contribution is 2.39. The Morgan fingerprint density at radius 3 is 2.76 bits per heavy atom. The van der Waals surface area contributed by atoms with Crippen molar-refractivity contribution in [3.8, 4) is 5.75 Å². The summed E-state index contributed by atoms with van der Waals surface area (Å²) in [6.07, 6.45) is 2.68. The van der Waals surface area contributed by atoms with Crippen molar-refractivity contribution >= 4 is 0 Å². The minimum Gasteiger partial charge on any atom is -0.481 e. The molecule has 0 radical (unpaired) electrons. The molecule has 0 amide bonds. The van der Waals surface area contributed by atoms with E-state index in [2.05, 4.69) is 11.0 Å². The number of nitrogens with two attached hydrogens (primary N) is 1. The average molecular weight is 344 g/mol. The summed E-state index contributed by atoms with van der Waals surface area (Å²) in [5, 5.41) is 0. The summed E-state index contributed by atoms with van der Waals surface area (Å²) < 4.78 is 33.4. The zero-order valence-corrected chi connectivity index (χ0v) is 14.0. The highest BCUT2D eigenvalue weighted by atomic mass is 19.1. The third kappa shape index (κ3) is 3.26. The van der Waals surface area contributed by atoms with E-state index in [-0.39, 0.29) is 23.9 Å². The number of halogens is 2. The fourth-order valence-corrected chi connectivity index (χ4v) is 4.05. The number of hydrogen-bond donors (Lipinski definition) is 1. The van der Waals surface area contributed by atoms with Crippen molar-refractivity contribution in [1.82, 2.24) is 4.90 Å². The highest BCUT2D eigenvalue weighted by molar-refractivity contribution is 5.38. The maximum absolute atomic E-state index is 14.1. The summed E-state index contributed by atoms with van der Waals surface area (Å²) in [5.41, 5.74) is 8.45. The Balaban J connectivity index is 1.65. The Bertz CT molecular complexity index is 767. The molecule has 5 heteroatoms. The number of fused-ring (bicyclic) bond motifs is 1. The van der Waals surface area contributed by atoms with Crippen LogP contribution in [-0.4, -0.2) is 30.1 Å². The van der Waals surface area contributed by atoms with Crippen LogP contribution in [0.15, 0.2) is 42.5 Å². The average Bonchev–Trinajstić information content (AvgIpc) is 2.96. The third-order valence-corrected chi connectivity index (χ3v) is 5.25. The second-order valence-electron chi connectivity index (χ2n) is 6.98. The van der Waals surface area contributed by atoms with Gasteiger partial charge in [-0.1, -0.05) is 24.3 Å². The maximum atomic E-state index is 14.1. The first-order chi connectivity index (χ1) is 12.1. The van der Waals surface area contributed by atoms with Crippen LogP contribution >= 0.6 is 0 Å². The summed E-state index contributed by atoms with van der Waals surface area (Å²) in [4.78, 5) is 2.36. The second-order valence-corrected chi connectivity index (χ2v) is 6.98. The van der Waals surface area contributed by atoms with Crippen molar-refractivity contribution in [3.63, 3.8) is 0 Å². The van der Waals surface area contributed by atoms with Gasteiger partial charge in [-0.25, -0.2) is 8.78 Å². The van der Waals surface area contributed by atoms with Crippen molar-refractivity contribution in [2.24, 2.45) is 5.73 Å². The van der Waals surface area contributed by atoms with Gasteiger partial charge in [0.15, 0.2) is 11.6 Å². The first kappa shape index (κ1) is 16.5. The number of benzene rings is 2. The van der Waals surface area contributed by atoms with Crippen LogP contribution in [0.2, 0.25) is 0 Å². The summed E-state index contributed by atoms with van der Waals surface area (Å²) in [6.45, 7) is 1.79. The molecule has 0 saturated carbocycles. The summed E-state index contributed by atoms with van der Waals surface area (Å²) in [6, 6.07) is 11.9. The zero-order chi connectivity index (χ0) is 17.4. The fraction of sp³-hybridized carbons (Fsp3) is 0.400. The zero-order valence-electron chi connectivity index (χ0n) is 14.0. The van der Waals surface area contributed by atoms with Crippen LogP contribution in [0.4, 0.5) is 8.78 Å². The van der Waals surface area contributed by atoms with E-state index in [1.54, 1.807) is 0 Å². The van der Waals surface area contributed by atoms with Crippen LogP contribution < -0.4 is 10.5 Å². The molecular weight excluding hydrogens is 322 g/mol. The minimum absolute atomic E-state index is 0.0920. The van der Waals surface area contributed by atoms with Crippen molar-refractivity contribution < 1.29 is 13.5 Å². The number of rotatable bonds is 3. The molecule has 132 valence electrons. The van der Waals surface area contributed by atoms with E-state index in [1.807, 2.05) is 18.2 Å². The SMILES string of the molecule is N[C@@H]1CCCN([C@@H]2Cc3ccccc3[C@@H]2Oc2ccc(F)cc2F)C1. The molecule has 1 aliphatic heterocycles. The summed E-state index contributed by atoms with van der Waals surface area (Å²) in [7, 11) is 0. The molecule has 2 aromatic rings. The first-order valence-corrected chi connectivity index (χ1v) is 8.81. The van der Waals surface area contributed by atoms with E-state index in [1.165, 1.54) is 17.7 Å². The lowest BCUT2D eigenvalue weighted by atomic mass is 10.0. The molecular formula is C20H22F2N2O. The predicted octanol–water partition coefficient (Wildman–Crippen LogP) is 3.43. The van der Waals surface area contributed by atoms with Gasteiger partial charge < -0.3 is 10.5 Å². The van der Waals surface area contributed by atoms with E-state index >= 15 is 0 Å². The molecule has 0 spiro atoms. The van der Waals surface area contributed by atoms with Gasteiger partial charge in [0, 0.05) is 18.7 Å². The number of piperidine rings is 1. The van der Waals surface area contributed by atoms with Crippen molar-refractivity contribution in [1.29, 1.82) is 0 Å². The van der Waals surface area contributed by atoms with Gasteiger partial charge in [-0.15, -0.1) is 0 Å². The molecule has 4 rings (SSSR count). The Morgan fingerprint density at radius 2 is 1.96 bits per heavy atom. The molecule has 2 aromatic carbocycles. The lowest BCUT2D eigenvalue weighted by Gasteiger charge is -2.38. The molecule has 3 atom stereocenters. The van der Waals surface area contributed by atoms with Crippen molar-refractivity contribution in [2.45, 2.75) is 37.5 Å². The second kappa shape index (κ2) is 6.73. The fourth-order valence-electron chi connectivity index (χ4n) is 4.05. The molecule has 2 aliphatic rings. The lowest BCUT2D eigenvalue weighted by molar-refractivity contribution is 0.0570. The van der Waals surface area contributed by atoms with Gasteiger partial charge in [0.05, 0.1) is 6.04 Å². The normalized spacial score (nSPS) is 26.4. The van der Waals surface area contributed by atoms with E-state index in [4.69, 9.17) is 10.5 Å². The molecule has 1 fully saturated rings. The molecule has 0 aromatic heterocycles. The van der Waals surface area contributed by atoms with Crippen LogP contribution in [0.1, 0.15) is 30.1 Å². The van der Waals surface area contributed by atoms with Crippen LogP contribution in [0.25, 0.3) is 0 Å². The van der Waals surface area contributed by atoms with Gasteiger partial charge in [-0.05, 0) is 49.1 Å². The van der Waals surface area contributed by atoms with Gasteiger partial charge in [-0.2, -0.15) is 0 Å². The van der Waals surface area contributed by atoms with Gasteiger partial charge in [0.1, 0.15) is 11.9 Å². The molecule has 2 N–H and O–H groups in total. The molecule has 1 saturated heterocycles. The van der Waals surface area contributed by atoms with Gasteiger partial charge in [0.25, 0.3) is 0 Å². The molecule has 1 heterocycles. The van der Waals surface area contributed by atoms with Crippen LogP contribution in [0, 0.1) is 11.6 Å². The lowest BCUT2D eigenvalue weighted by Crippen LogP contribution is -2.49. The molecule has 0 bridgehead atoms.